The van der Waals surface area contributed by atoms with Crippen molar-refractivity contribution in [2.45, 2.75) is 133 Å². The Morgan fingerprint density at radius 3 is 0.821 bits per heavy atom. The third-order valence-electron chi connectivity index (χ3n) is 22.5. The van der Waals surface area contributed by atoms with E-state index in [4.69, 9.17) is 9.47 Å². The summed E-state index contributed by atoms with van der Waals surface area (Å²) in [6, 6.07) is 95.8. The van der Waals surface area contributed by atoms with Crippen molar-refractivity contribution < 1.29 is 18.3 Å². The molecular weight excluding hydrogens is 1710 g/mol. The zero-order valence-corrected chi connectivity index (χ0v) is 69.9. The highest BCUT2D eigenvalue weighted by molar-refractivity contribution is 9.11. The Bertz CT molecular complexity index is 5060. The fourth-order valence-electron chi connectivity index (χ4n) is 16.8. The molecule has 0 radical (unpaired) electrons. The van der Waals surface area contributed by atoms with Gasteiger partial charge in [0.25, 0.3) is 5.92 Å². The normalized spacial score (nSPS) is 18.9. The van der Waals surface area contributed by atoms with E-state index in [1.165, 1.54) is 57.3 Å². The molecule has 0 amide bonds. The smallest absolute Gasteiger partial charge is 0.266 e. The summed E-state index contributed by atoms with van der Waals surface area (Å²) < 4.78 is 50.1. The van der Waals surface area contributed by atoms with Crippen LogP contribution in [0.4, 0.5) is 60.0 Å². The van der Waals surface area contributed by atoms with E-state index in [9.17, 15) is 0 Å². The average molecular weight is 1790 g/mol. The second-order valence-electron chi connectivity index (χ2n) is 30.5. The van der Waals surface area contributed by atoms with Gasteiger partial charge in [-0.3, -0.25) is 0 Å². The monoisotopic (exact) mass is 1780 g/mol. The van der Waals surface area contributed by atoms with E-state index in [1.54, 1.807) is 27.7 Å². The Morgan fingerprint density at radius 2 is 0.500 bits per heavy atom. The third-order valence-corrected chi connectivity index (χ3v) is 25.7. The van der Waals surface area contributed by atoms with E-state index < -0.39 is 16.8 Å². The maximum Gasteiger partial charge on any atom is 0.266 e. The van der Waals surface area contributed by atoms with Gasteiger partial charge in [0.2, 0.25) is 0 Å². The van der Waals surface area contributed by atoms with Gasteiger partial charge in [-0.1, -0.05) is 187 Å². The molecule has 1 spiro atoms. The zero-order chi connectivity index (χ0) is 74.3. The molecule has 17 rings (SSSR count). The lowest BCUT2D eigenvalue weighted by Gasteiger charge is -2.35. The van der Waals surface area contributed by atoms with Gasteiger partial charge in [0.05, 0.1) is 33.2 Å². The lowest BCUT2D eigenvalue weighted by Crippen LogP contribution is -2.46. The highest BCUT2D eigenvalue weighted by Gasteiger charge is 2.65. The number of anilines is 9. The van der Waals surface area contributed by atoms with Crippen LogP contribution < -0.4 is 14.7 Å². The molecule has 2 bridgehead atoms. The molecule has 12 aromatic carbocycles. The fraction of sp³-hybridized carbons (Fsp3) is 0.226. The number of fused-ring (bicyclic) bond motifs is 8. The summed E-state index contributed by atoms with van der Waals surface area (Å²) in [7, 11) is 0. The second-order valence-corrected chi connectivity index (χ2v) is 36.0. The molecule has 106 heavy (non-hydrogen) atoms. The summed E-state index contributed by atoms with van der Waals surface area (Å²) in [4.78, 5) is 6.75. The van der Waals surface area contributed by atoms with Crippen molar-refractivity contribution in [3.63, 3.8) is 0 Å². The lowest BCUT2D eigenvalue weighted by molar-refractivity contribution is -0.122. The largest absolute Gasteiger partial charge is 0.360 e. The molecule has 3 heterocycles. The molecule has 3 aliphatic heterocycles. The molecule has 12 aromatic rings. The van der Waals surface area contributed by atoms with Crippen LogP contribution in [0.15, 0.2) is 300 Å². The molecule has 5 nitrogen and oxygen atoms in total. The first-order valence-electron chi connectivity index (χ1n) is 36.1. The number of rotatable bonds is 12. The molecule has 1 saturated carbocycles. The fourth-order valence-corrected chi connectivity index (χ4v) is 18.4. The summed E-state index contributed by atoms with van der Waals surface area (Å²) in [6.45, 7) is 15.5. The number of halogens is 8. The molecular formula is C93H81Br6F2N3O2. The Kier molecular flexibility index (Phi) is 20.2. The maximum absolute atomic E-state index is 15.3. The molecule has 536 valence electrons. The molecule has 2 aliphatic carbocycles. The quantitative estimate of drug-likeness (QED) is 0.122. The first-order chi connectivity index (χ1) is 50.6. The van der Waals surface area contributed by atoms with Crippen molar-refractivity contribution in [2.24, 2.45) is 0 Å². The Morgan fingerprint density at radius 1 is 0.255 bits per heavy atom. The Hall–Kier alpha value is -7.30. The molecule has 1 saturated heterocycles. The van der Waals surface area contributed by atoms with Crippen LogP contribution in [0.2, 0.25) is 0 Å². The van der Waals surface area contributed by atoms with E-state index in [0.29, 0.717) is 0 Å². The number of nitrogens with zero attached hydrogens (tertiary/aromatic N) is 3. The van der Waals surface area contributed by atoms with E-state index in [-0.39, 0.29) is 22.4 Å². The highest BCUT2D eigenvalue weighted by atomic mass is 79.9. The van der Waals surface area contributed by atoms with Crippen LogP contribution in [0, 0.1) is 0 Å². The molecule has 2 fully saturated rings. The molecule has 0 N–H and O–H groups in total. The highest BCUT2D eigenvalue weighted by Crippen LogP contribution is 2.61. The van der Waals surface area contributed by atoms with E-state index in [1.807, 2.05) is 42.5 Å². The SMILES string of the molecule is CC1(C)OC2(CCCC2)c2ccc(-c3ccc(N(c4ccc(Br)cc4)c4ccc(Br)cc4)cc3)cc21.CC1(C)c2ccc(-c3ccc(N(c4ccc(Br)cc4)c4ccc(Br)cc4)cc3)cc2C(C)(C)C1(F)F.CC12CCC(C)(O1)c1cc(-c3ccc(N(c4ccc(Br)cc4)c4ccc(Br)cc4)cc3)ccc12. The number of hydrogen-bond acceptors (Lipinski definition) is 5. The predicted molar refractivity (Wildman–Crippen MR) is 456 cm³/mol. The summed E-state index contributed by atoms with van der Waals surface area (Å²) >= 11 is 21.3. The van der Waals surface area contributed by atoms with Gasteiger partial charge in [-0.15, -0.1) is 0 Å². The Labute approximate surface area is 673 Å². The number of ether oxygens (including phenoxy) is 2. The summed E-state index contributed by atoms with van der Waals surface area (Å²) in [6.07, 6.45) is 6.98. The summed E-state index contributed by atoms with van der Waals surface area (Å²) in [5.41, 5.74) is 20.5. The van der Waals surface area contributed by atoms with Crippen molar-refractivity contribution in [3.05, 3.63) is 333 Å². The molecule has 5 aliphatic rings. The third kappa shape index (κ3) is 14.0. The molecule has 2 atom stereocenters. The second kappa shape index (κ2) is 28.9. The number of alkyl halides is 2. The van der Waals surface area contributed by atoms with Crippen LogP contribution in [-0.2, 0) is 42.7 Å². The minimum atomic E-state index is -2.83. The van der Waals surface area contributed by atoms with Gasteiger partial charge in [-0.25, -0.2) is 8.78 Å². The van der Waals surface area contributed by atoms with Crippen LogP contribution in [0.1, 0.15) is 127 Å². The molecule has 2 unspecified atom stereocenters. The number of benzene rings is 12. The van der Waals surface area contributed by atoms with E-state index in [0.717, 1.165) is 126 Å². The minimum absolute atomic E-state index is 0.0723. The van der Waals surface area contributed by atoms with E-state index >= 15 is 8.78 Å². The molecule has 0 aromatic heterocycles. The van der Waals surface area contributed by atoms with Gasteiger partial charge in [0, 0.05) is 78.0 Å². The maximum atomic E-state index is 15.3. The van der Waals surface area contributed by atoms with Gasteiger partial charge in [-0.2, -0.15) is 0 Å². The van der Waals surface area contributed by atoms with Crippen molar-refractivity contribution in [1.82, 2.24) is 0 Å². The predicted octanol–water partition coefficient (Wildman–Crippen LogP) is 30.5. The van der Waals surface area contributed by atoms with Crippen molar-refractivity contribution in [1.29, 1.82) is 0 Å². The van der Waals surface area contributed by atoms with Crippen LogP contribution in [0.25, 0.3) is 33.4 Å². The van der Waals surface area contributed by atoms with Crippen LogP contribution in [0.5, 0.6) is 0 Å². The van der Waals surface area contributed by atoms with Gasteiger partial charge in [0.1, 0.15) is 0 Å². The van der Waals surface area contributed by atoms with Crippen LogP contribution >= 0.6 is 95.6 Å². The van der Waals surface area contributed by atoms with Crippen molar-refractivity contribution in [3.8, 4) is 33.4 Å². The van der Waals surface area contributed by atoms with Gasteiger partial charge < -0.3 is 24.2 Å². The first-order valence-corrected chi connectivity index (χ1v) is 40.9. The average Bonchev–Trinajstić information content (AvgIpc) is 1.55. The van der Waals surface area contributed by atoms with Crippen LogP contribution in [0.3, 0.4) is 0 Å². The van der Waals surface area contributed by atoms with Gasteiger partial charge in [-0.05, 0) is 342 Å². The first kappa shape index (κ1) is 74.2. The van der Waals surface area contributed by atoms with Crippen molar-refractivity contribution >= 4 is 147 Å². The van der Waals surface area contributed by atoms with Crippen LogP contribution in [-0.4, -0.2) is 5.92 Å². The zero-order valence-electron chi connectivity index (χ0n) is 60.4. The lowest BCUT2D eigenvalue weighted by atomic mass is 9.77. The Balaban J connectivity index is 0.000000127. The topological polar surface area (TPSA) is 28.2 Å². The van der Waals surface area contributed by atoms with Gasteiger partial charge in [0.15, 0.2) is 0 Å². The molecule has 13 heteroatoms. The van der Waals surface area contributed by atoms with Gasteiger partial charge >= 0.3 is 0 Å². The summed E-state index contributed by atoms with van der Waals surface area (Å²) in [5.74, 6) is -2.83. The van der Waals surface area contributed by atoms with Crippen molar-refractivity contribution in [2.75, 3.05) is 14.7 Å². The minimum Gasteiger partial charge on any atom is -0.360 e. The summed E-state index contributed by atoms with van der Waals surface area (Å²) in [5, 5.41) is 0. The van der Waals surface area contributed by atoms with E-state index in [2.05, 4.69) is 368 Å². The standard InChI is InChI=1S/C32H29Br2NO.C31H27Br2F2N.C30H25Br2NO/c1-31(2)30-21-23(7-18-29(30)32(36-31)19-3-4-20-32)22-5-12-26(13-6-22)35(27-14-8-24(33)9-15-27)28-16-10-25(34)11-17-28;1-29(2)27-18-7-21(19-28(27)30(3,4)31(29,34)35)20-5-12-24(13-6-20)36(25-14-8-22(32)9-15-25)26-16-10-23(33)11-17-26;1-29-17-18-30(2,34-29)28-19-21(5-16-27(28)29)20-3-10-24(11-4-20)33(25-12-6-22(31)7-13-25)26-14-8-23(32)9-15-26/h5-18,21H,3-4,19-20H2,1-2H3;5-19H,1-4H3;3-16,19H,17-18H2,1-2H3. The number of hydrogen-bond donors (Lipinski definition) is 0.